The van der Waals surface area contributed by atoms with Gasteiger partial charge in [0.1, 0.15) is 12.4 Å². The molecule has 0 saturated carbocycles. The number of hydrogen-bond donors (Lipinski definition) is 1. The maximum absolute atomic E-state index is 10.9. The molecule has 0 bridgehead atoms. The van der Waals surface area contributed by atoms with Crippen LogP contribution in [0.3, 0.4) is 0 Å². The van der Waals surface area contributed by atoms with Gasteiger partial charge in [0.2, 0.25) is 0 Å². The summed E-state index contributed by atoms with van der Waals surface area (Å²) in [5, 5.41) is 13.9. The highest BCUT2D eigenvalue weighted by Gasteiger charge is 2.11. The monoisotopic (exact) mass is 414 g/mol. The Kier molecular flexibility index (Phi) is 5.19. The van der Waals surface area contributed by atoms with Crippen molar-refractivity contribution >= 4 is 43.2 Å². The summed E-state index contributed by atoms with van der Waals surface area (Å²) in [5.74, 6) is 0.673. The molecule has 0 fully saturated rings. The Hall–Kier alpha value is -1.60. The summed E-state index contributed by atoms with van der Waals surface area (Å²) in [6.45, 7) is 0.234. The summed E-state index contributed by atoms with van der Waals surface area (Å²) >= 11 is 6.79. The molecule has 0 aliphatic heterocycles. The molecule has 0 aliphatic carbocycles. The smallest absolute Gasteiger partial charge is 0.269 e. The molecule has 110 valence electrons. The zero-order valence-electron chi connectivity index (χ0n) is 11.1. The van der Waals surface area contributed by atoms with Crippen LogP contribution in [-0.2, 0) is 6.61 Å². The molecule has 0 aliphatic rings. The minimum absolute atomic E-state index is 0.0440. The van der Waals surface area contributed by atoms with Crippen molar-refractivity contribution in [3.63, 3.8) is 0 Å². The van der Waals surface area contributed by atoms with E-state index in [0.717, 1.165) is 20.2 Å². The van der Waals surface area contributed by atoms with Crippen LogP contribution in [0.4, 0.5) is 11.4 Å². The molecule has 21 heavy (non-hydrogen) atoms. The number of hydrogen-bond acceptors (Lipinski definition) is 4. The van der Waals surface area contributed by atoms with E-state index in [2.05, 4.69) is 37.2 Å². The molecule has 0 heterocycles. The zero-order chi connectivity index (χ0) is 15.4. The molecule has 1 N–H and O–H groups in total. The van der Waals surface area contributed by atoms with Crippen LogP contribution in [0.25, 0.3) is 0 Å². The quantitative estimate of drug-likeness (QED) is 0.565. The third-order valence-corrected chi connectivity index (χ3v) is 3.96. The van der Waals surface area contributed by atoms with Crippen molar-refractivity contribution in [2.45, 2.75) is 6.61 Å². The largest absolute Gasteiger partial charge is 0.488 e. The topological polar surface area (TPSA) is 64.4 Å². The number of nitro benzene ring substituents is 1. The van der Waals surface area contributed by atoms with Crippen LogP contribution in [0.2, 0.25) is 0 Å². The van der Waals surface area contributed by atoms with Gasteiger partial charge >= 0.3 is 0 Å². The number of anilines is 1. The van der Waals surface area contributed by atoms with Crippen LogP contribution >= 0.6 is 31.9 Å². The molecule has 0 radical (unpaired) electrons. The molecule has 5 nitrogen and oxygen atoms in total. The Morgan fingerprint density at radius 3 is 2.62 bits per heavy atom. The molecule has 7 heteroatoms. The van der Waals surface area contributed by atoms with Crippen molar-refractivity contribution in [3.8, 4) is 5.75 Å². The third-order valence-electron chi connectivity index (χ3n) is 2.85. The summed E-state index contributed by atoms with van der Waals surface area (Å²) < 4.78 is 7.48. The van der Waals surface area contributed by atoms with Crippen LogP contribution < -0.4 is 10.1 Å². The third kappa shape index (κ3) is 3.95. The second-order valence-electron chi connectivity index (χ2n) is 4.21. The van der Waals surface area contributed by atoms with Gasteiger partial charge in [-0.05, 0) is 40.2 Å². The van der Waals surface area contributed by atoms with Gasteiger partial charge in [-0.25, -0.2) is 0 Å². The average Bonchev–Trinajstić information content (AvgIpc) is 2.46. The summed E-state index contributed by atoms with van der Waals surface area (Å²) in [7, 11) is 1.76. The van der Waals surface area contributed by atoms with Crippen molar-refractivity contribution in [3.05, 3.63) is 61.0 Å². The van der Waals surface area contributed by atoms with Gasteiger partial charge in [0.25, 0.3) is 5.69 Å². The molecule has 2 rings (SSSR count). The molecule has 2 aromatic rings. The SMILES string of the molecule is CNc1ccc([N+](=O)[O-])cc1COc1ccc(Br)cc1Br. The van der Waals surface area contributed by atoms with Crippen molar-refractivity contribution in [1.29, 1.82) is 0 Å². The first-order valence-electron chi connectivity index (χ1n) is 6.04. The number of nitrogens with zero attached hydrogens (tertiary/aromatic N) is 1. The maximum Gasteiger partial charge on any atom is 0.269 e. The number of nitro groups is 1. The molecule has 0 spiro atoms. The minimum Gasteiger partial charge on any atom is -0.488 e. The first-order chi connectivity index (χ1) is 10.0. The van der Waals surface area contributed by atoms with Crippen LogP contribution in [0.15, 0.2) is 45.3 Å². The number of nitrogens with one attached hydrogen (secondary N) is 1. The first-order valence-corrected chi connectivity index (χ1v) is 7.63. The van der Waals surface area contributed by atoms with Gasteiger partial charge in [-0.15, -0.1) is 0 Å². The lowest BCUT2D eigenvalue weighted by atomic mass is 10.1. The normalized spacial score (nSPS) is 10.2. The average molecular weight is 416 g/mol. The number of non-ortho nitro benzene ring substituents is 1. The lowest BCUT2D eigenvalue weighted by Crippen LogP contribution is -2.02. The van der Waals surface area contributed by atoms with Crippen LogP contribution in [0, 0.1) is 10.1 Å². The zero-order valence-corrected chi connectivity index (χ0v) is 14.3. The van der Waals surface area contributed by atoms with Gasteiger partial charge in [-0.2, -0.15) is 0 Å². The Balaban J connectivity index is 2.22. The van der Waals surface area contributed by atoms with Crippen molar-refractivity contribution in [2.75, 3.05) is 12.4 Å². The summed E-state index contributed by atoms with van der Waals surface area (Å²) in [6, 6.07) is 10.2. The van der Waals surface area contributed by atoms with Crippen LogP contribution in [-0.4, -0.2) is 12.0 Å². The van der Waals surface area contributed by atoms with Crippen molar-refractivity contribution < 1.29 is 9.66 Å². The van der Waals surface area contributed by atoms with E-state index >= 15 is 0 Å². The van der Waals surface area contributed by atoms with Crippen molar-refractivity contribution in [1.82, 2.24) is 0 Å². The van der Waals surface area contributed by atoms with Gasteiger partial charge in [0.15, 0.2) is 0 Å². The van der Waals surface area contributed by atoms with E-state index in [4.69, 9.17) is 4.74 Å². The maximum atomic E-state index is 10.9. The first kappa shape index (κ1) is 15.8. The molecule has 0 saturated heterocycles. The van der Waals surface area contributed by atoms with Gasteiger partial charge < -0.3 is 10.1 Å². The van der Waals surface area contributed by atoms with E-state index < -0.39 is 4.92 Å². The number of ether oxygens (including phenoxy) is 1. The van der Waals surface area contributed by atoms with Gasteiger partial charge in [-0.3, -0.25) is 10.1 Å². The fourth-order valence-electron chi connectivity index (χ4n) is 1.80. The fourth-order valence-corrected chi connectivity index (χ4v) is 2.97. The number of halogens is 2. The molecular weight excluding hydrogens is 404 g/mol. The summed E-state index contributed by atoms with van der Waals surface area (Å²) in [5.41, 5.74) is 1.57. The second-order valence-corrected chi connectivity index (χ2v) is 5.98. The predicted molar refractivity (Wildman–Crippen MR) is 88.8 cm³/mol. The number of rotatable bonds is 5. The van der Waals surface area contributed by atoms with Crippen LogP contribution in [0.5, 0.6) is 5.75 Å². The molecule has 0 atom stereocenters. The molecule has 2 aromatic carbocycles. The summed E-state index contributed by atoms with van der Waals surface area (Å²) in [6.07, 6.45) is 0. The Morgan fingerprint density at radius 1 is 1.24 bits per heavy atom. The molecular formula is C14H12Br2N2O3. The summed E-state index contributed by atoms with van der Waals surface area (Å²) in [4.78, 5) is 10.4. The van der Waals surface area contributed by atoms with E-state index in [-0.39, 0.29) is 12.3 Å². The Labute approximate surface area is 138 Å². The van der Waals surface area contributed by atoms with Crippen LogP contribution in [0.1, 0.15) is 5.56 Å². The minimum atomic E-state index is -0.418. The Bertz CT molecular complexity index is 677. The predicted octanol–water partition coefficient (Wildman–Crippen LogP) is 4.74. The van der Waals surface area contributed by atoms with Gasteiger partial charge in [-0.1, -0.05) is 15.9 Å². The van der Waals surface area contributed by atoms with E-state index in [9.17, 15) is 10.1 Å². The van der Waals surface area contributed by atoms with E-state index in [1.165, 1.54) is 12.1 Å². The van der Waals surface area contributed by atoms with Crippen molar-refractivity contribution in [2.24, 2.45) is 0 Å². The highest BCUT2D eigenvalue weighted by molar-refractivity contribution is 9.11. The molecule has 0 unspecified atom stereocenters. The molecule has 0 amide bonds. The second kappa shape index (κ2) is 6.91. The number of benzene rings is 2. The lowest BCUT2D eigenvalue weighted by Gasteiger charge is -2.12. The van der Waals surface area contributed by atoms with Gasteiger partial charge in [0, 0.05) is 34.9 Å². The van der Waals surface area contributed by atoms with E-state index in [1.54, 1.807) is 13.1 Å². The van der Waals surface area contributed by atoms with E-state index in [0.29, 0.717) is 5.75 Å². The van der Waals surface area contributed by atoms with Gasteiger partial charge in [0.05, 0.1) is 9.40 Å². The van der Waals surface area contributed by atoms with E-state index in [1.807, 2.05) is 18.2 Å². The fraction of sp³-hybridized carbons (Fsp3) is 0.143. The standard InChI is InChI=1S/C14H12Br2N2O3/c1-17-13-4-3-11(18(19)20)6-9(13)8-21-14-5-2-10(15)7-12(14)16/h2-7,17H,8H2,1H3. The Morgan fingerprint density at radius 2 is 2.00 bits per heavy atom. The lowest BCUT2D eigenvalue weighted by molar-refractivity contribution is -0.384. The highest BCUT2D eigenvalue weighted by atomic mass is 79.9. The highest BCUT2D eigenvalue weighted by Crippen LogP contribution is 2.30. The molecule has 0 aromatic heterocycles.